The first-order valence-corrected chi connectivity index (χ1v) is 29.3. The zero-order chi connectivity index (χ0) is 59.8. The minimum atomic E-state index is -4.02. The zero-order valence-electron chi connectivity index (χ0n) is 46.8. The van der Waals surface area contributed by atoms with Crippen molar-refractivity contribution >= 4 is 62.2 Å². The van der Waals surface area contributed by atoms with Crippen molar-refractivity contribution in [3.63, 3.8) is 0 Å². The van der Waals surface area contributed by atoms with Crippen molar-refractivity contribution in [1.29, 1.82) is 0 Å². The van der Waals surface area contributed by atoms with E-state index in [9.17, 15) is 57.3 Å². The molecule has 4 aromatic rings. The number of amides is 7. The second kappa shape index (κ2) is 29.7. The molecule has 13 N–H and O–H groups in total. The van der Waals surface area contributed by atoms with E-state index in [0.29, 0.717) is 17.9 Å². The molecule has 0 saturated carbocycles. The van der Waals surface area contributed by atoms with Gasteiger partial charge in [-0.05, 0) is 131 Å². The van der Waals surface area contributed by atoms with Crippen LogP contribution < -0.4 is 42.8 Å². The molecule has 3 saturated heterocycles. The van der Waals surface area contributed by atoms with Gasteiger partial charge < -0.3 is 67.9 Å². The largest absolute Gasteiger partial charge is 0.508 e. The monoisotopic (exact) mass is 1160 g/mol. The molecule has 0 unspecified atom stereocenters. The van der Waals surface area contributed by atoms with Gasteiger partial charge in [0.05, 0.1) is 23.7 Å². The highest BCUT2D eigenvalue weighted by molar-refractivity contribution is 7.85. The standard InChI is InChI=1S/C51H71N9O11.C7H8O3S/c1-4-5-6-7-8-22-71-38-19-16-32-23-34(15-14-33(32)24-38)45(64)55-39-10-9-21-54-48(67)41-25-35(52)27-59(41)50(69)43(29(2)61)58-47(66)40(20-13-31-11-17-37(63)18-12-31)56-49(68)42-26-36(53)28-60(42)51(70)44(30(3)62)57-46(39)65;1-6-2-4-7(5-3-6)11(8,9)10/h11-12,14-19,23-24,29-30,35-36,39-44,61-63H,4-10,13,20-22,25-28,52-53H2,1-3H3,(H,54,67)(H,55,64)(H,56,68)(H,57,65)(H,58,66);2-5H,1H3,(H,8,9,10)/t29-,30+,35-,36-,39-,40-,41-,42-,43-,44-;/m0./s1. The minimum Gasteiger partial charge on any atom is -0.508 e. The Labute approximate surface area is 478 Å². The van der Waals surface area contributed by atoms with Crippen LogP contribution in [0.1, 0.15) is 106 Å². The summed E-state index contributed by atoms with van der Waals surface area (Å²) in [4.78, 5) is 101. The van der Waals surface area contributed by atoms with Crippen LogP contribution in [0.2, 0.25) is 0 Å². The second-order valence-corrected chi connectivity index (χ2v) is 22.9. The fourth-order valence-electron chi connectivity index (χ4n) is 10.1. The number of fused-ring (bicyclic) bond motifs is 3. The summed E-state index contributed by atoms with van der Waals surface area (Å²) in [5.41, 5.74) is 14.5. The molecular formula is C58H79N9O14S. The van der Waals surface area contributed by atoms with Gasteiger partial charge >= 0.3 is 0 Å². The lowest BCUT2D eigenvalue weighted by Crippen LogP contribution is -2.61. The number of hydrogen-bond acceptors (Lipinski definition) is 15. The van der Waals surface area contributed by atoms with Crippen LogP contribution in [-0.4, -0.2) is 166 Å². The van der Waals surface area contributed by atoms with E-state index in [4.69, 9.17) is 20.8 Å². The average Bonchev–Trinajstić information content (AvgIpc) is 4.19. The number of benzene rings is 4. The molecule has 82 heavy (non-hydrogen) atoms. The van der Waals surface area contributed by atoms with Crippen LogP contribution in [0.25, 0.3) is 10.8 Å². The first-order chi connectivity index (χ1) is 38.9. The molecule has 0 aliphatic carbocycles. The van der Waals surface area contributed by atoms with Gasteiger partial charge in [0, 0.05) is 37.3 Å². The maximum absolute atomic E-state index is 14.4. The third-order valence-corrected chi connectivity index (χ3v) is 15.6. The third kappa shape index (κ3) is 17.9. The first kappa shape index (κ1) is 64.0. The first-order valence-electron chi connectivity index (χ1n) is 27.9. The number of aromatic hydroxyl groups is 1. The van der Waals surface area contributed by atoms with E-state index in [0.717, 1.165) is 46.9 Å². The molecule has 4 aromatic carbocycles. The van der Waals surface area contributed by atoms with Crippen LogP contribution in [0.3, 0.4) is 0 Å². The predicted octanol–water partition coefficient (Wildman–Crippen LogP) is 1.85. The zero-order valence-corrected chi connectivity index (χ0v) is 47.6. The molecule has 0 spiro atoms. The lowest BCUT2D eigenvalue weighted by Gasteiger charge is -2.32. The van der Waals surface area contributed by atoms with E-state index in [2.05, 4.69) is 33.5 Å². The van der Waals surface area contributed by atoms with Crippen LogP contribution in [0.15, 0.2) is 89.8 Å². The molecule has 24 heteroatoms. The predicted molar refractivity (Wildman–Crippen MR) is 304 cm³/mol. The molecule has 446 valence electrons. The summed E-state index contributed by atoms with van der Waals surface area (Å²) in [7, 11) is -4.02. The Morgan fingerprint density at radius 3 is 1.90 bits per heavy atom. The number of unbranched alkanes of at least 4 members (excludes halogenated alkanes) is 4. The number of carbonyl (C=O) groups excluding carboxylic acids is 7. The van der Waals surface area contributed by atoms with Crippen molar-refractivity contribution < 1.29 is 66.6 Å². The maximum atomic E-state index is 14.4. The Balaban J connectivity index is 0.000000878. The van der Waals surface area contributed by atoms with E-state index < -0.39 is 112 Å². The highest BCUT2D eigenvalue weighted by Gasteiger charge is 2.45. The van der Waals surface area contributed by atoms with E-state index in [1.54, 1.807) is 42.5 Å². The molecular weight excluding hydrogens is 1080 g/mol. The van der Waals surface area contributed by atoms with Crippen molar-refractivity contribution in [2.45, 2.75) is 164 Å². The minimum absolute atomic E-state index is 0.0172. The number of nitrogens with zero attached hydrogens (tertiary/aromatic N) is 2. The van der Waals surface area contributed by atoms with Crippen LogP contribution in [0, 0.1) is 6.92 Å². The van der Waals surface area contributed by atoms with Crippen LogP contribution in [-0.2, 0) is 45.3 Å². The van der Waals surface area contributed by atoms with Crippen LogP contribution in [0.5, 0.6) is 11.5 Å². The van der Waals surface area contributed by atoms with Crippen LogP contribution >= 0.6 is 0 Å². The van der Waals surface area contributed by atoms with Crippen molar-refractivity contribution in [3.05, 3.63) is 102 Å². The average molecular weight is 1160 g/mol. The molecule has 0 aromatic heterocycles. The number of phenols is 1. The summed E-state index contributed by atoms with van der Waals surface area (Å²) in [6.07, 6.45) is 2.82. The Hall–Kier alpha value is -7.22. The number of nitrogens with one attached hydrogen (secondary N) is 5. The van der Waals surface area contributed by atoms with Gasteiger partial charge in [-0.3, -0.25) is 38.1 Å². The number of nitrogens with two attached hydrogens (primary N) is 2. The van der Waals surface area contributed by atoms with Crippen molar-refractivity contribution in [2.75, 3.05) is 26.2 Å². The molecule has 10 atom stereocenters. The number of hydrogen-bond donors (Lipinski definition) is 11. The van der Waals surface area contributed by atoms with Crippen molar-refractivity contribution in [3.8, 4) is 11.5 Å². The summed E-state index contributed by atoms with van der Waals surface area (Å²) in [5, 5.41) is 46.8. The topological polar surface area (TPSA) is 362 Å². The summed E-state index contributed by atoms with van der Waals surface area (Å²) in [6, 6.07) is 13.3. The third-order valence-electron chi connectivity index (χ3n) is 14.7. The Bertz CT molecular complexity index is 2980. The van der Waals surface area contributed by atoms with Gasteiger partial charge in [0.25, 0.3) is 16.0 Å². The van der Waals surface area contributed by atoms with E-state index in [1.165, 1.54) is 49.4 Å². The maximum Gasteiger partial charge on any atom is 0.294 e. The molecule has 3 aliphatic heterocycles. The van der Waals surface area contributed by atoms with Gasteiger partial charge in [0.15, 0.2) is 0 Å². The number of aliphatic hydroxyl groups is 2. The van der Waals surface area contributed by atoms with Gasteiger partial charge in [0.2, 0.25) is 35.4 Å². The number of ether oxygens (including phenoxy) is 1. The second-order valence-electron chi connectivity index (χ2n) is 21.5. The van der Waals surface area contributed by atoms with Gasteiger partial charge in [-0.15, -0.1) is 0 Å². The molecule has 23 nitrogen and oxygen atoms in total. The number of aliphatic hydroxyl groups excluding tert-OH is 2. The molecule has 0 bridgehead atoms. The normalized spacial score (nSPS) is 24.1. The lowest BCUT2D eigenvalue weighted by atomic mass is 10.0. The van der Waals surface area contributed by atoms with Gasteiger partial charge in [-0.25, -0.2) is 0 Å². The highest BCUT2D eigenvalue weighted by Crippen LogP contribution is 2.25. The molecule has 7 rings (SSSR count). The quantitative estimate of drug-likeness (QED) is 0.0598. The van der Waals surface area contributed by atoms with E-state index in [-0.39, 0.29) is 74.4 Å². The fraction of sp³-hybridized carbons (Fsp3) is 0.500. The summed E-state index contributed by atoms with van der Waals surface area (Å²) in [6.45, 7) is 6.96. The van der Waals surface area contributed by atoms with E-state index in [1.807, 2.05) is 25.1 Å². The highest BCUT2D eigenvalue weighted by atomic mass is 32.2. The summed E-state index contributed by atoms with van der Waals surface area (Å²) in [5.74, 6) is -4.56. The molecule has 0 radical (unpaired) electrons. The molecule has 3 heterocycles. The summed E-state index contributed by atoms with van der Waals surface area (Å²) < 4.78 is 35.5. The molecule has 7 amide bonds. The molecule has 3 aliphatic rings. The van der Waals surface area contributed by atoms with Gasteiger partial charge in [-0.2, -0.15) is 8.42 Å². The summed E-state index contributed by atoms with van der Waals surface area (Å²) >= 11 is 0. The Morgan fingerprint density at radius 2 is 1.30 bits per heavy atom. The lowest BCUT2D eigenvalue weighted by molar-refractivity contribution is -0.145. The fourth-order valence-corrected chi connectivity index (χ4v) is 10.6. The SMILES string of the molecule is CCCCCCCOc1ccc2cc(C(=O)N[C@H]3CCCNC(=O)[C@@H]4C[C@H](N)CN4C(=O)[C@H]([C@H](C)O)NC(=O)[C@H](CCc4ccc(O)cc4)NC(=O)[C@@H]4C[C@H](N)CN4C(=O)[C@H]([C@@H](C)O)NC3=O)ccc2c1.Cc1ccc(S(=O)(=O)O)cc1. The number of aryl methyl sites for hydroxylation is 2. The number of rotatable bonds is 15. The Kier molecular flexibility index (Phi) is 23.1. The van der Waals surface area contributed by atoms with Crippen molar-refractivity contribution in [1.82, 2.24) is 36.4 Å². The smallest absolute Gasteiger partial charge is 0.294 e. The number of carbonyl (C=O) groups is 7. The van der Waals surface area contributed by atoms with Gasteiger partial charge in [-0.1, -0.05) is 74.6 Å². The van der Waals surface area contributed by atoms with E-state index >= 15 is 0 Å². The Morgan fingerprint density at radius 1 is 0.732 bits per heavy atom. The molecule has 3 fully saturated rings. The van der Waals surface area contributed by atoms with Crippen molar-refractivity contribution in [2.24, 2.45) is 11.5 Å². The van der Waals surface area contributed by atoms with Crippen LogP contribution in [0.4, 0.5) is 0 Å². The van der Waals surface area contributed by atoms with Gasteiger partial charge in [0.1, 0.15) is 47.8 Å². The number of phenolic OH excluding ortho intramolecular Hbond substituents is 1.